The van der Waals surface area contributed by atoms with Gasteiger partial charge >= 0.3 is 6.09 Å². The van der Waals surface area contributed by atoms with Gasteiger partial charge in [-0.1, -0.05) is 0 Å². The summed E-state index contributed by atoms with van der Waals surface area (Å²) < 4.78 is 11.5. The Bertz CT molecular complexity index is 819. The van der Waals surface area contributed by atoms with Crippen LogP contribution in [0.25, 0.3) is 0 Å². The molecule has 31 heavy (non-hydrogen) atoms. The first kappa shape index (κ1) is 20.4. The number of hydrazine groups is 2. The number of carbonyl (C=O) groups excluding carboxylic acids is 1. The van der Waals surface area contributed by atoms with Gasteiger partial charge in [-0.05, 0) is 69.3 Å². The van der Waals surface area contributed by atoms with E-state index in [-0.39, 0.29) is 11.7 Å². The molecule has 1 aromatic heterocycles. The molecule has 1 aromatic rings. The maximum absolute atomic E-state index is 12.3. The standard InChI is InChI=1S/C22H32N6O3/c1-22(8-9-22)31-21(29)27-10-5-16(6-11-27)19-13-17(19)7-12-30-20-4-3-18(14-23-20)28-15-24-26(2)25-28/h3-4,14-17,19,25H,5-13H2,1-2H3. The Morgan fingerprint density at radius 2 is 2.10 bits per heavy atom. The van der Waals surface area contributed by atoms with Gasteiger partial charge in [0.25, 0.3) is 0 Å². The molecular weight excluding hydrogens is 396 g/mol. The number of hydrogen-bond acceptors (Lipinski definition) is 8. The molecule has 2 atom stereocenters. The maximum Gasteiger partial charge on any atom is 0.410 e. The van der Waals surface area contributed by atoms with Gasteiger partial charge in [-0.2, -0.15) is 0 Å². The molecule has 1 amide bonds. The molecule has 2 saturated carbocycles. The molecule has 9 heteroatoms. The molecule has 5 rings (SSSR count). The average molecular weight is 429 g/mol. The Kier molecular flexibility index (Phi) is 5.37. The van der Waals surface area contributed by atoms with Crippen LogP contribution in [0.2, 0.25) is 0 Å². The number of carbonyl (C=O) groups is 1. The Morgan fingerprint density at radius 3 is 2.74 bits per heavy atom. The molecule has 168 valence electrons. The fraction of sp³-hybridized carbons (Fsp3) is 0.682. The highest BCUT2D eigenvalue weighted by Crippen LogP contribution is 2.50. The lowest BCUT2D eigenvalue weighted by Gasteiger charge is -2.32. The Labute approximate surface area is 183 Å². The molecule has 0 bridgehead atoms. The first-order chi connectivity index (χ1) is 15.0. The summed E-state index contributed by atoms with van der Waals surface area (Å²) in [5.41, 5.74) is 3.78. The molecule has 9 nitrogen and oxygen atoms in total. The number of nitrogens with zero attached hydrogens (tertiary/aromatic N) is 5. The average Bonchev–Trinajstić information content (AvgIpc) is 3.67. The molecule has 0 aromatic carbocycles. The Morgan fingerprint density at radius 1 is 1.29 bits per heavy atom. The minimum atomic E-state index is -0.180. The highest BCUT2D eigenvalue weighted by Gasteiger charge is 2.45. The molecule has 3 heterocycles. The van der Waals surface area contributed by atoms with Gasteiger partial charge in [0.2, 0.25) is 5.88 Å². The Hall–Kier alpha value is -2.55. The van der Waals surface area contributed by atoms with Crippen LogP contribution in [0.3, 0.4) is 0 Å². The number of hydrogen-bond donors (Lipinski definition) is 1. The number of pyridine rings is 1. The first-order valence-corrected chi connectivity index (χ1v) is 11.4. The predicted molar refractivity (Wildman–Crippen MR) is 116 cm³/mol. The zero-order valence-corrected chi connectivity index (χ0v) is 18.4. The molecule has 2 aliphatic carbocycles. The highest BCUT2D eigenvalue weighted by molar-refractivity contribution is 5.78. The van der Waals surface area contributed by atoms with Crippen LogP contribution in [0, 0.1) is 17.8 Å². The second kappa shape index (κ2) is 8.18. The number of anilines is 1. The number of ether oxygens (including phenoxy) is 2. The van der Waals surface area contributed by atoms with E-state index in [2.05, 4.69) is 15.6 Å². The van der Waals surface area contributed by atoms with Crippen LogP contribution in [0.4, 0.5) is 10.5 Å². The fourth-order valence-corrected chi connectivity index (χ4v) is 4.62. The van der Waals surface area contributed by atoms with E-state index in [0.29, 0.717) is 12.5 Å². The van der Waals surface area contributed by atoms with E-state index in [1.165, 1.54) is 6.42 Å². The number of amides is 1. The molecule has 2 aliphatic heterocycles. The molecule has 3 fully saturated rings. The fourth-order valence-electron chi connectivity index (χ4n) is 4.62. The smallest absolute Gasteiger partial charge is 0.410 e. The van der Waals surface area contributed by atoms with E-state index in [9.17, 15) is 4.79 Å². The lowest BCUT2D eigenvalue weighted by molar-refractivity contribution is 0.0473. The molecule has 4 aliphatic rings. The monoisotopic (exact) mass is 428 g/mol. The van der Waals surface area contributed by atoms with Crippen LogP contribution in [0.5, 0.6) is 5.88 Å². The Balaban J connectivity index is 0.992. The van der Waals surface area contributed by atoms with E-state index >= 15 is 0 Å². The minimum Gasteiger partial charge on any atom is -0.478 e. The van der Waals surface area contributed by atoms with E-state index in [1.807, 2.05) is 31.0 Å². The normalized spacial score (nSPS) is 26.8. The first-order valence-electron chi connectivity index (χ1n) is 11.4. The van der Waals surface area contributed by atoms with Gasteiger partial charge in [0.1, 0.15) is 11.9 Å². The van der Waals surface area contributed by atoms with Gasteiger partial charge in [0.05, 0.1) is 18.5 Å². The zero-order chi connectivity index (χ0) is 21.4. The van der Waals surface area contributed by atoms with Crippen LogP contribution in [-0.4, -0.2) is 59.8 Å². The summed E-state index contributed by atoms with van der Waals surface area (Å²) in [7, 11) is 1.83. The number of likely N-dealkylation sites (tertiary alicyclic amines) is 1. The SMILES string of the molecule is CN1N=CN(c2ccc(OCCC3CC3C3CCN(C(=O)OC4(C)CC4)CC3)nc2)N1. The van der Waals surface area contributed by atoms with Crippen molar-refractivity contribution in [2.45, 2.75) is 51.0 Å². The summed E-state index contributed by atoms with van der Waals surface area (Å²) in [6.07, 6.45) is 9.92. The van der Waals surface area contributed by atoms with Crippen molar-refractivity contribution in [3.05, 3.63) is 18.3 Å². The molecule has 0 radical (unpaired) electrons. The molecular formula is C22H32N6O3. The quantitative estimate of drug-likeness (QED) is 0.715. The second-order valence-electron chi connectivity index (χ2n) is 9.52. The zero-order valence-electron chi connectivity index (χ0n) is 18.4. The number of hydrazone groups is 1. The summed E-state index contributed by atoms with van der Waals surface area (Å²) in [5, 5.41) is 7.53. The maximum atomic E-state index is 12.3. The van der Waals surface area contributed by atoms with Crippen molar-refractivity contribution in [1.29, 1.82) is 0 Å². The van der Waals surface area contributed by atoms with Crippen LogP contribution in [0.15, 0.2) is 23.4 Å². The van der Waals surface area contributed by atoms with Crippen molar-refractivity contribution in [3.8, 4) is 5.88 Å². The third-order valence-electron chi connectivity index (χ3n) is 7.00. The van der Waals surface area contributed by atoms with Crippen molar-refractivity contribution in [2.75, 3.05) is 31.8 Å². The largest absolute Gasteiger partial charge is 0.478 e. The highest BCUT2D eigenvalue weighted by atomic mass is 16.6. The van der Waals surface area contributed by atoms with E-state index < -0.39 is 0 Å². The van der Waals surface area contributed by atoms with Crippen molar-refractivity contribution < 1.29 is 14.3 Å². The van der Waals surface area contributed by atoms with Crippen molar-refractivity contribution in [1.82, 2.24) is 20.5 Å². The van der Waals surface area contributed by atoms with Gasteiger partial charge < -0.3 is 14.4 Å². The minimum absolute atomic E-state index is 0.113. The van der Waals surface area contributed by atoms with E-state index in [0.717, 1.165) is 68.6 Å². The van der Waals surface area contributed by atoms with Crippen LogP contribution in [0.1, 0.15) is 45.4 Å². The third kappa shape index (κ3) is 4.87. The van der Waals surface area contributed by atoms with Crippen molar-refractivity contribution >= 4 is 18.1 Å². The number of aromatic nitrogens is 1. The summed E-state index contributed by atoms with van der Waals surface area (Å²) >= 11 is 0. The van der Waals surface area contributed by atoms with Gasteiger partial charge in [-0.25, -0.2) is 19.9 Å². The second-order valence-corrected chi connectivity index (χ2v) is 9.52. The molecule has 1 saturated heterocycles. The summed E-state index contributed by atoms with van der Waals surface area (Å²) in [6.45, 7) is 4.39. The molecule has 1 N–H and O–H groups in total. The van der Waals surface area contributed by atoms with Crippen molar-refractivity contribution in [2.24, 2.45) is 22.9 Å². The predicted octanol–water partition coefficient (Wildman–Crippen LogP) is 3.00. The number of nitrogens with one attached hydrogen (secondary N) is 1. The van der Waals surface area contributed by atoms with E-state index in [1.54, 1.807) is 22.7 Å². The van der Waals surface area contributed by atoms with Crippen LogP contribution in [-0.2, 0) is 4.74 Å². The summed E-state index contributed by atoms with van der Waals surface area (Å²) in [6, 6.07) is 3.85. The lowest BCUT2D eigenvalue weighted by Crippen LogP contribution is -2.40. The summed E-state index contributed by atoms with van der Waals surface area (Å²) in [4.78, 5) is 18.6. The summed E-state index contributed by atoms with van der Waals surface area (Å²) in [5.74, 6) is 2.92. The van der Waals surface area contributed by atoms with Gasteiger partial charge in [0.15, 0.2) is 0 Å². The van der Waals surface area contributed by atoms with Gasteiger partial charge in [0, 0.05) is 26.2 Å². The molecule has 0 spiro atoms. The topological polar surface area (TPSA) is 82.5 Å². The number of piperidine rings is 1. The third-order valence-corrected chi connectivity index (χ3v) is 7.00. The van der Waals surface area contributed by atoms with Crippen LogP contribution < -0.4 is 15.3 Å². The van der Waals surface area contributed by atoms with E-state index in [4.69, 9.17) is 9.47 Å². The molecule has 2 unspecified atom stereocenters. The van der Waals surface area contributed by atoms with Gasteiger partial charge in [-0.3, -0.25) is 0 Å². The lowest BCUT2D eigenvalue weighted by atomic mass is 9.91. The van der Waals surface area contributed by atoms with Crippen molar-refractivity contribution in [3.63, 3.8) is 0 Å². The van der Waals surface area contributed by atoms with Gasteiger partial charge in [-0.15, -0.1) is 10.6 Å². The number of rotatable bonds is 7. The van der Waals surface area contributed by atoms with Crippen LogP contribution >= 0.6 is 0 Å².